The summed E-state index contributed by atoms with van der Waals surface area (Å²) in [4.78, 5) is 24.6. The van der Waals surface area contributed by atoms with E-state index in [1.54, 1.807) is 4.90 Å². The van der Waals surface area contributed by atoms with Crippen molar-refractivity contribution in [2.24, 2.45) is 5.92 Å². The Hall–Kier alpha value is -1.32. The van der Waals surface area contributed by atoms with E-state index in [9.17, 15) is 9.59 Å². The standard InChI is InChI=1S/C11H18N2O2/c1-4-10(14)13-6-5-9(7-13)11(15)12-8(2)3/h4,8-9H,1,5-7H2,2-3H3,(H,12,15)/t9-/m0/s1. The van der Waals surface area contributed by atoms with E-state index < -0.39 is 0 Å². The molecule has 84 valence electrons. The number of hydrogen-bond acceptors (Lipinski definition) is 2. The molecule has 0 unspecified atom stereocenters. The molecule has 1 rings (SSSR count). The average molecular weight is 210 g/mol. The third-order valence-corrected chi connectivity index (χ3v) is 2.48. The second-order valence-electron chi connectivity index (χ2n) is 4.14. The summed E-state index contributed by atoms with van der Waals surface area (Å²) >= 11 is 0. The molecule has 0 aromatic carbocycles. The number of carbonyl (C=O) groups is 2. The zero-order chi connectivity index (χ0) is 11.4. The Bertz CT molecular complexity index is 274. The van der Waals surface area contributed by atoms with Gasteiger partial charge in [0.1, 0.15) is 0 Å². The van der Waals surface area contributed by atoms with Crippen LogP contribution in [-0.2, 0) is 9.59 Å². The average Bonchev–Trinajstić information content (AvgIpc) is 2.64. The van der Waals surface area contributed by atoms with Crippen LogP contribution in [0.1, 0.15) is 20.3 Å². The Morgan fingerprint density at radius 1 is 1.53 bits per heavy atom. The van der Waals surface area contributed by atoms with E-state index in [-0.39, 0.29) is 23.8 Å². The lowest BCUT2D eigenvalue weighted by Gasteiger charge is -2.15. The van der Waals surface area contributed by atoms with Crippen LogP contribution >= 0.6 is 0 Å². The van der Waals surface area contributed by atoms with Crippen molar-refractivity contribution < 1.29 is 9.59 Å². The fourth-order valence-corrected chi connectivity index (χ4v) is 1.71. The first kappa shape index (κ1) is 11.8. The Morgan fingerprint density at radius 2 is 2.20 bits per heavy atom. The lowest BCUT2D eigenvalue weighted by molar-refractivity contribution is -0.126. The minimum Gasteiger partial charge on any atom is -0.354 e. The Labute approximate surface area is 90.3 Å². The van der Waals surface area contributed by atoms with Crippen molar-refractivity contribution in [2.45, 2.75) is 26.3 Å². The fourth-order valence-electron chi connectivity index (χ4n) is 1.71. The molecule has 1 atom stereocenters. The zero-order valence-electron chi connectivity index (χ0n) is 9.32. The van der Waals surface area contributed by atoms with E-state index in [1.807, 2.05) is 13.8 Å². The predicted octanol–water partition coefficient (Wildman–Crippen LogP) is 0.545. The lowest BCUT2D eigenvalue weighted by atomic mass is 10.1. The molecule has 0 aromatic rings. The summed E-state index contributed by atoms with van der Waals surface area (Å²) in [7, 11) is 0. The van der Waals surface area contributed by atoms with E-state index in [2.05, 4.69) is 11.9 Å². The van der Waals surface area contributed by atoms with Crippen molar-refractivity contribution in [3.8, 4) is 0 Å². The van der Waals surface area contributed by atoms with Gasteiger partial charge >= 0.3 is 0 Å². The van der Waals surface area contributed by atoms with Gasteiger partial charge in [-0.2, -0.15) is 0 Å². The molecule has 2 amide bonds. The number of likely N-dealkylation sites (tertiary alicyclic amines) is 1. The van der Waals surface area contributed by atoms with Gasteiger partial charge < -0.3 is 10.2 Å². The molecule has 0 aromatic heterocycles. The minimum atomic E-state index is -0.0881. The molecule has 0 aliphatic carbocycles. The summed E-state index contributed by atoms with van der Waals surface area (Å²) < 4.78 is 0. The molecule has 0 spiro atoms. The first-order chi connectivity index (χ1) is 7.04. The largest absolute Gasteiger partial charge is 0.354 e. The number of rotatable bonds is 3. The van der Waals surface area contributed by atoms with Gasteiger partial charge in [-0.3, -0.25) is 9.59 Å². The van der Waals surface area contributed by atoms with Crippen molar-refractivity contribution in [2.75, 3.05) is 13.1 Å². The molecular weight excluding hydrogens is 192 g/mol. The van der Waals surface area contributed by atoms with E-state index >= 15 is 0 Å². The molecule has 4 heteroatoms. The second kappa shape index (κ2) is 4.96. The highest BCUT2D eigenvalue weighted by atomic mass is 16.2. The van der Waals surface area contributed by atoms with E-state index in [4.69, 9.17) is 0 Å². The van der Waals surface area contributed by atoms with Crippen LogP contribution in [0.5, 0.6) is 0 Å². The van der Waals surface area contributed by atoms with Gasteiger partial charge in [0.15, 0.2) is 0 Å². The first-order valence-electron chi connectivity index (χ1n) is 5.26. The lowest BCUT2D eigenvalue weighted by Crippen LogP contribution is -2.37. The van der Waals surface area contributed by atoms with Gasteiger partial charge in [-0.15, -0.1) is 0 Å². The van der Waals surface area contributed by atoms with Crippen molar-refractivity contribution in [3.63, 3.8) is 0 Å². The Morgan fingerprint density at radius 3 is 2.73 bits per heavy atom. The molecule has 0 bridgehead atoms. The van der Waals surface area contributed by atoms with Crippen LogP contribution in [-0.4, -0.2) is 35.8 Å². The summed E-state index contributed by atoms with van der Waals surface area (Å²) in [5, 5.41) is 2.86. The van der Waals surface area contributed by atoms with Crippen molar-refractivity contribution >= 4 is 11.8 Å². The number of nitrogens with one attached hydrogen (secondary N) is 1. The molecule has 1 saturated heterocycles. The highest BCUT2D eigenvalue weighted by molar-refractivity contribution is 5.88. The van der Waals surface area contributed by atoms with Crippen LogP contribution in [0.3, 0.4) is 0 Å². The maximum atomic E-state index is 11.6. The fraction of sp³-hybridized carbons (Fsp3) is 0.636. The summed E-state index contributed by atoms with van der Waals surface area (Å²) in [5.74, 6) is -0.101. The molecule has 1 heterocycles. The maximum Gasteiger partial charge on any atom is 0.245 e. The quantitative estimate of drug-likeness (QED) is 0.691. The molecule has 4 nitrogen and oxygen atoms in total. The highest BCUT2D eigenvalue weighted by Gasteiger charge is 2.29. The minimum absolute atomic E-state index is 0.0457. The molecule has 1 aliphatic rings. The van der Waals surface area contributed by atoms with Crippen LogP contribution in [0.4, 0.5) is 0 Å². The normalized spacial score (nSPS) is 20.5. The molecule has 1 fully saturated rings. The van der Waals surface area contributed by atoms with E-state index in [0.717, 1.165) is 6.42 Å². The zero-order valence-corrected chi connectivity index (χ0v) is 9.32. The molecular formula is C11H18N2O2. The van der Waals surface area contributed by atoms with Gasteiger partial charge in [0, 0.05) is 19.1 Å². The second-order valence-corrected chi connectivity index (χ2v) is 4.14. The third-order valence-electron chi connectivity index (χ3n) is 2.48. The summed E-state index contributed by atoms with van der Waals surface area (Å²) in [6.45, 7) is 8.46. The van der Waals surface area contributed by atoms with Gasteiger partial charge in [-0.25, -0.2) is 0 Å². The van der Waals surface area contributed by atoms with Gasteiger partial charge in [-0.05, 0) is 26.3 Å². The molecule has 1 N–H and O–H groups in total. The van der Waals surface area contributed by atoms with Crippen molar-refractivity contribution in [3.05, 3.63) is 12.7 Å². The summed E-state index contributed by atoms with van der Waals surface area (Å²) in [6, 6.07) is 0.154. The molecule has 1 aliphatic heterocycles. The Kier molecular flexibility index (Phi) is 3.88. The monoisotopic (exact) mass is 210 g/mol. The van der Waals surface area contributed by atoms with Gasteiger partial charge in [0.25, 0.3) is 0 Å². The highest BCUT2D eigenvalue weighted by Crippen LogP contribution is 2.16. The van der Waals surface area contributed by atoms with Crippen LogP contribution in [0.2, 0.25) is 0 Å². The first-order valence-corrected chi connectivity index (χ1v) is 5.26. The topological polar surface area (TPSA) is 49.4 Å². The number of carbonyl (C=O) groups excluding carboxylic acids is 2. The molecule has 15 heavy (non-hydrogen) atoms. The van der Waals surface area contributed by atoms with Crippen LogP contribution in [0, 0.1) is 5.92 Å². The third kappa shape index (κ3) is 3.08. The molecule has 0 saturated carbocycles. The van der Waals surface area contributed by atoms with Crippen molar-refractivity contribution in [1.82, 2.24) is 10.2 Å². The summed E-state index contributed by atoms with van der Waals surface area (Å²) in [6.07, 6.45) is 2.04. The van der Waals surface area contributed by atoms with E-state index in [0.29, 0.717) is 13.1 Å². The Balaban J connectivity index is 2.45. The summed E-state index contributed by atoms with van der Waals surface area (Å²) in [5.41, 5.74) is 0. The smallest absolute Gasteiger partial charge is 0.245 e. The van der Waals surface area contributed by atoms with Crippen molar-refractivity contribution in [1.29, 1.82) is 0 Å². The SMILES string of the molecule is C=CC(=O)N1CC[C@H](C(=O)NC(C)C)C1. The van der Waals surface area contributed by atoms with E-state index in [1.165, 1.54) is 6.08 Å². The van der Waals surface area contributed by atoms with Crippen LogP contribution in [0.15, 0.2) is 12.7 Å². The van der Waals surface area contributed by atoms with Crippen LogP contribution < -0.4 is 5.32 Å². The molecule has 0 radical (unpaired) electrons. The maximum absolute atomic E-state index is 11.6. The number of nitrogens with zero attached hydrogens (tertiary/aromatic N) is 1. The number of amides is 2. The number of hydrogen-bond donors (Lipinski definition) is 1. The van der Waals surface area contributed by atoms with Gasteiger partial charge in [0.05, 0.1) is 5.92 Å². The van der Waals surface area contributed by atoms with Gasteiger partial charge in [-0.1, -0.05) is 6.58 Å². The van der Waals surface area contributed by atoms with Crippen LogP contribution in [0.25, 0.3) is 0 Å². The van der Waals surface area contributed by atoms with Gasteiger partial charge in [0.2, 0.25) is 11.8 Å². The predicted molar refractivity (Wildman–Crippen MR) is 58.2 cm³/mol.